The van der Waals surface area contributed by atoms with Gasteiger partial charge in [-0.05, 0) is 23.6 Å². The predicted octanol–water partition coefficient (Wildman–Crippen LogP) is 6.98. The molecule has 0 amide bonds. The van der Waals surface area contributed by atoms with Crippen molar-refractivity contribution in [1.82, 2.24) is 4.90 Å². The van der Waals surface area contributed by atoms with Gasteiger partial charge in [0.1, 0.15) is 11.8 Å². The molecule has 0 spiro atoms. The second kappa shape index (κ2) is 10.2. The minimum absolute atomic E-state index is 0.0272. The van der Waals surface area contributed by atoms with Gasteiger partial charge in [-0.2, -0.15) is 13.2 Å². The summed E-state index contributed by atoms with van der Waals surface area (Å²) in [4.78, 5) is 14.2. The lowest BCUT2D eigenvalue weighted by molar-refractivity contribution is -0.117. The second-order valence-electron chi connectivity index (χ2n) is 7.87. The van der Waals surface area contributed by atoms with E-state index in [2.05, 4.69) is 0 Å². The van der Waals surface area contributed by atoms with Crippen molar-refractivity contribution in [2.75, 3.05) is 0 Å². The Labute approximate surface area is 191 Å². The summed E-state index contributed by atoms with van der Waals surface area (Å²) in [7, 11) is 0. The van der Waals surface area contributed by atoms with Crippen LogP contribution in [0.5, 0.6) is 0 Å². The Morgan fingerprint density at radius 1 is 0.938 bits per heavy atom. The SMILES string of the molecule is CCC/C=C1\C(Cl)=CC(C(F)(F)F)=CN1C(C=O)(Cc1ccccc1)Cc1ccccc1. The van der Waals surface area contributed by atoms with E-state index in [1.807, 2.05) is 67.6 Å². The van der Waals surface area contributed by atoms with Gasteiger partial charge in [0.15, 0.2) is 0 Å². The molecule has 2 nitrogen and oxygen atoms in total. The highest BCUT2D eigenvalue weighted by molar-refractivity contribution is 6.32. The fourth-order valence-corrected chi connectivity index (χ4v) is 4.13. The van der Waals surface area contributed by atoms with Gasteiger partial charge in [-0.3, -0.25) is 0 Å². The summed E-state index contributed by atoms with van der Waals surface area (Å²) in [5, 5.41) is -0.0272. The molecular formula is C26H25ClF3NO. The van der Waals surface area contributed by atoms with Crippen molar-refractivity contribution in [2.24, 2.45) is 0 Å². The number of allylic oxidation sites excluding steroid dienone is 4. The van der Waals surface area contributed by atoms with Crippen molar-refractivity contribution in [3.8, 4) is 0 Å². The molecule has 0 bridgehead atoms. The Morgan fingerprint density at radius 2 is 1.47 bits per heavy atom. The summed E-state index contributed by atoms with van der Waals surface area (Å²) in [6.45, 7) is 1.97. The smallest absolute Gasteiger partial charge is 0.333 e. The zero-order chi connectivity index (χ0) is 23.2. The standard InChI is InChI=1S/C26H25ClF3NO/c1-2-3-14-24-23(27)15-22(26(28,29)30)18-31(24)25(19-32,16-20-10-6-4-7-11-20)17-21-12-8-5-9-13-21/h4-15,18-19H,2-3,16-17H2,1H3/b24-14+. The molecule has 0 unspecified atom stereocenters. The quantitative estimate of drug-likeness (QED) is 0.397. The molecule has 0 atom stereocenters. The van der Waals surface area contributed by atoms with Gasteiger partial charge in [0.05, 0.1) is 16.3 Å². The summed E-state index contributed by atoms with van der Waals surface area (Å²) in [6, 6.07) is 18.6. The van der Waals surface area contributed by atoms with Crippen LogP contribution in [0.15, 0.2) is 95.3 Å². The number of rotatable bonds is 8. The number of benzene rings is 2. The van der Waals surface area contributed by atoms with Crippen molar-refractivity contribution in [2.45, 2.75) is 44.3 Å². The lowest BCUT2D eigenvalue weighted by atomic mass is 9.83. The molecule has 1 heterocycles. The van der Waals surface area contributed by atoms with Crippen LogP contribution in [0.1, 0.15) is 30.9 Å². The Hall–Kier alpha value is -2.79. The molecule has 32 heavy (non-hydrogen) atoms. The van der Waals surface area contributed by atoms with Crippen LogP contribution in [-0.2, 0) is 17.6 Å². The number of hydrogen-bond donors (Lipinski definition) is 0. The van der Waals surface area contributed by atoms with E-state index >= 15 is 0 Å². The third-order valence-electron chi connectivity index (χ3n) is 5.41. The first-order chi connectivity index (χ1) is 15.3. The van der Waals surface area contributed by atoms with E-state index in [1.165, 1.54) is 4.90 Å². The Kier molecular flexibility index (Phi) is 7.62. The Bertz CT molecular complexity index is 969. The number of alkyl halides is 3. The molecule has 2 aromatic rings. The molecule has 0 fully saturated rings. The molecule has 2 aromatic carbocycles. The van der Waals surface area contributed by atoms with Crippen molar-refractivity contribution in [3.05, 3.63) is 106 Å². The maximum atomic E-state index is 13.7. The summed E-state index contributed by atoms with van der Waals surface area (Å²) >= 11 is 6.38. The molecule has 0 radical (unpaired) electrons. The highest BCUT2D eigenvalue weighted by Gasteiger charge is 2.43. The van der Waals surface area contributed by atoms with E-state index in [1.54, 1.807) is 6.08 Å². The lowest BCUT2D eigenvalue weighted by Crippen LogP contribution is -2.51. The molecule has 1 aliphatic rings. The number of hydrogen-bond acceptors (Lipinski definition) is 2. The minimum atomic E-state index is -4.59. The highest BCUT2D eigenvalue weighted by atomic mass is 35.5. The number of halogens is 4. The first-order valence-corrected chi connectivity index (χ1v) is 10.9. The molecule has 168 valence electrons. The van der Waals surface area contributed by atoms with E-state index in [0.29, 0.717) is 12.1 Å². The molecular weight excluding hydrogens is 435 g/mol. The largest absolute Gasteiger partial charge is 0.417 e. The van der Waals surface area contributed by atoms with E-state index in [4.69, 9.17) is 11.6 Å². The summed E-state index contributed by atoms with van der Waals surface area (Å²) in [6.07, 6.45) is 1.78. The van der Waals surface area contributed by atoms with Crippen LogP contribution in [0.3, 0.4) is 0 Å². The highest BCUT2D eigenvalue weighted by Crippen LogP contribution is 2.40. The van der Waals surface area contributed by atoms with Crippen molar-refractivity contribution >= 4 is 17.9 Å². The third-order valence-corrected chi connectivity index (χ3v) is 5.72. The van der Waals surface area contributed by atoms with E-state index < -0.39 is 17.3 Å². The molecule has 6 heteroatoms. The molecule has 0 N–H and O–H groups in total. The van der Waals surface area contributed by atoms with Gasteiger partial charge in [0, 0.05) is 19.0 Å². The first kappa shape index (κ1) is 23.9. The Morgan fingerprint density at radius 3 is 1.91 bits per heavy atom. The van der Waals surface area contributed by atoms with Crippen LogP contribution < -0.4 is 0 Å². The maximum absolute atomic E-state index is 13.7. The van der Waals surface area contributed by atoms with Crippen molar-refractivity contribution < 1.29 is 18.0 Å². The van der Waals surface area contributed by atoms with Crippen LogP contribution >= 0.6 is 11.6 Å². The van der Waals surface area contributed by atoms with Crippen LogP contribution in [-0.4, -0.2) is 22.9 Å². The average molecular weight is 460 g/mol. The summed E-state index contributed by atoms with van der Waals surface area (Å²) in [5.41, 5.74) is -0.0762. The van der Waals surface area contributed by atoms with Crippen molar-refractivity contribution in [3.63, 3.8) is 0 Å². The molecule has 0 saturated heterocycles. The number of unbranched alkanes of at least 4 members (excludes halogenated alkanes) is 1. The van der Waals surface area contributed by atoms with E-state index in [-0.39, 0.29) is 17.9 Å². The Balaban J connectivity index is 2.19. The predicted molar refractivity (Wildman–Crippen MR) is 122 cm³/mol. The second-order valence-corrected chi connectivity index (χ2v) is 8.28. The zero-order valence-corrected chi connectivity index (χ0v) is 18.5. The minimum Gasteiger partial charge on any atom is -0.333 e. The first-order valence-electron chi connectivity index (χ1n) is 10.5. The van der Waals surface area contributed by atoms with Crippen LogP contribution in [0.4, 0.5) is 13.2 Å². The fraction of sp³-hybridized carbons (Fsp3) is 0.269. The van der Waals surface area contributed by atoms with E-state index in [9.17, 15) is 18.0 Å². The number of carbonyl (C=O) groups excluding carboxylic acids is 1. The van der Waals surface area contributed by atoms with Crippen LogP contribution in [0.25, 0.3) is 0 Å². The van der Waals surface area contributed by atoms with Gasteiger partial charge in [0.2, 0.25) is 0 Å². The van der Waals surface area contributed by atoms with Gasteiger partial charge in [-0.25, -0.2) is 0 Å². The van der Waals surface area contributed by atoms with Crippen LogP contribution in [0, 0.1) is 0 Å². The topological polar surface area (TPSA) is 20.3 Å². The van der Waals surface area contributed by atoms with Crippen molar-refractivity contribution in [1.29, 1.82) is 0 Å². The monoisotopic (exact) mass is 459 g/mol. The van der Waals surface area contributed by atoms with E-state index in [0.717, 1.165) is 36.1 Å². The number of carbonyl (C=O) groups is 1. The molecule has 3 rings (SSSR count). The normalized spacial score (nSPS) is 16.0. The molecule has 0 aromatic heterocycles. The number of nitrogens with zero attached hydrogens (tertiary/aromatic N) is 1. The summed E-state index contributed by atoms with van der Waals surface area (Å²) in [5.74, 6) is 0. The molecule has 0 saturated carbocycles. The zero-order valence-electron chi connectivity index (χ0n) is 17.8. The lowest BCUT2D eigenvalue weighted by Gasteiger charge is -2.43. The molecule has 0 aliphatic carbocycles. The fourth-order valence-electron chi connectivity index (χ4n) is 3.84. The summed E-state index contributed by atoms with van der Waals surface area (Å²) < 4.78 is 41.1. The van der Waals surface area contributed by atoms with Gasteiger partial charge in [-0.15, -0.1) is 0 Å². The van der Waals surface area contributed by atoms with Gasteiger partial charge in [0.25, 0.3) is 0 Å². The average Bonchev–Trinajstić information content (AvgIpc) is 2.78. The van der Waals surface area contributed by atoms with Gasteiger partial charge in [-0.1, -0.05) is 91.7 Å². The molecule has 1 aliphatic heterocycles. The third kappa shape index (κ3) is 5.52. The van der Waals surface area contributed by atoms with Gasteiger partial charge >= 0.3 is 6.18 Å². The van der Waals surface area contributed by atoms with Crippen LogP contribution in [0.2, 0.25) is 0 Å². The number of aldehydes is 1. The maximum Gasteiger partial charge on any atom is 0.417 e. The van der Waals surface area contributed by atoms with Gasteiger partial charge < -0.3 is 9.69 Å².